The molecule has 0 atom stereocenters. The van der Waals surface area contributed by atoms with Gasteiger partial charge >= 0.3 is 6.18 Å². The topological polar surface area (TPSA) is 54.7 Å². The maximum absolute atomic E-state index is 13.7. The van der Waals surface area contributed by atoms with Crippen LogP contribution in [-0.2, 0) is 35.8 Å². The number of aromatic nitrogens is 2. The fraction of sp³-hybridized carbons (Fsp3) is 0.208. The van der Waals surface area contributed by atoms with E-state index < -0.39 is 28.4 Å². The van der Waals surface area contributed by atoms with Crippen LogP contribution in [0.3, 0.4) is 0 Å². The van der Waals surface area contributed by atoms with E-state index in [0.29, 0.717) is 16.8 Å². The molecule has 0 unspecified atom stereocenters. The van der Waals surface area contributed by atoms with Crippen LogP contribution in [0.2, 0.25) is 0 Å². The number of imidazole rings is 1. The van der Waals surface area contributed by atoms with Crippen molar-refractivity contribution >= 4 is 21.5 Å². The molecular formula is C24H21F4N3O2S. The number of rotatable bonds is 7. The average Bonchev–Trinajstić information content (AvgIpc) is 3.20. The van der Waals surface area contributed by atoms with Gasteiger partial charge in [-0.3, -0.25) is 0 Å². The maximum atomic E-state index is 13.7. The van der Waals surface area contributed by atoms with Crippen molar-refractivity contribution in [3.63, 3.8) is 0 Å². The van der Waals surface area contributed by atoms with E-state index in [-0.39, 0.29) is 29.3 Å². The van der Waals surface area contributed by atoms with E-state index >= 15 is 0 Å². The van der Waals surface area contributed by atoms with Gasteiger partial charge in [0.25, 0.3) is 10.0 Å². The van der Waals surface area contributed by atoms with Crippen molar-refractivity contribution in [2.45, 2.75) is 37.6 Å². The van der Waals surface area contributed by atoms with E-state index in [1.165, 1.54) is 34.9 Å². The van der Waals surface area contributed by atoms with Gasteiger partial charge in [-0.1, -0.05) is 49.4 Å². The van der Waals surface area contributed by atoms with Crippen LogP contribution in [0, 0.1) is 0 Å². The third kappa shape index (κ3) is 4.37. The molecule has 0 bridgehead atoms. The summed E-state index contributed by atoms with van der Waals surface area (Å²) < 4.78 is 83.9. The predicted molar refractivity (Wildman–Crippen MR) is 121 cm³/mol. The molecule has 2 heterocycles. The first-order valence-electron chi connectivity index (χ1n) is 10.5. The van der Waals surface area contributed by atoms with Gasteiger partial charge in [0.05, 0.1) is 22.7 Å². The van der Waals surface area contributed by atoms with E-state index in [4.69, 9.17) is 0 Å². The third-order valence-corrected chi connectivity index (χ3v) is 7.16. The van der Waals surface area contributed by atoms with E-state index in [0.717, 1.165) is 10.4 Å². The lowest BCUT2D eigenvalue weighted by Gasteiger charge is -2.24. The van der Waals surface area contributed by atoms with Crippen LogP contribution in [0.4, 0.5) is 23.4 Å². The highest BCUT2D eigenvalue weighted by atomic mass is 32.2. The Morgan fingerprint density at radius 2 is 1.68 bits per heavy atom. The summed E-state index contributed by atoms with van der Waals surface area (Å²) in [7, 11) is -4.22. The largest absolute Gasteiger partial charge is 0.419 e. The molecule has 0 N–H and O–H groups in total. The second-order valence-corrected chi connectivity index (χ2v) is 9.49. The average molecular weight is 492 g/mol. The van der Waals surface area contributed by atoms with Gasteiger partial charge in [-0.05, 0) is 41.8 Å². The number of pyridine rings is 1. The molecule has 2 aromatic heterocycles. The Morgan fingerprint density at radius 3 is 2.32 bits per heavy atom. The molecule has 0 aliphatic heterocycles. The first-order valence-corrected chi connectivity index (χ1v) is 11.9. The minimum atomic E-state index is -4.67. The number of benzene rings is 2. The van der Waals surface area contributed by atoms with Crippen LogP contribution in [0.1, 0.15) is 29.3 Å². The molecular weight excluding hydrogens is 470 g/mol. The minimum Gasteiger partial charge on any atom is -0.301 e. The second-order valence-electron chi connectivity index (χ2n) is 7.63. The van der Waals surface area contributed by atoms with Gasteiger partial charge in [-0.15, -0.1) is 0 Å². The fourth-order valence-electron chi connectivity index (χ4n) is 3.82. The molecule has 0 radical (unpaired) electrons. The van der Waals surface area contributed by atoms with Crippen LogP contribution in [0.15, 0.2) is 77.8 Å². The predicted octanol–water partition coefficient (Wildman–Crippen LogP) is 5.78. The first-order chi connectivity index (χ1) is 16.2. The van der Waals surface area contributed by atoms with Crippen LogP contribution in [0.5, 0.6) is 0 Å². The molecule has 2 aromatic carbocycles. The monoisotopic (exact) mass is 491 g/mol. The van der Waals surface area contributed by atoms with Gasteiger partial charge in [0.15, 0.2) is 11.5 Å². The highest BCUT2D eigenvalue weighted by Gasteiger charge is 2.36. The molecule has 0 saturated heterocycles. The van der Waals surface area contributed by atoms with E-state index in [1.54, 1.807) is 43.3 Å². The summed E-state index contributed by atoms with van der Waals surface area (Å²) in [4.78, 5) is 4.16. The van der Waals surface area contributed by atoms with Crippen molar-refractivity contribution in [2.75, 3.05) is 4.31 Å². The maximum Gasteiger partial charge on any atom is 0.419 e. The van der Waals surface area contributed by atoms with Crippen LogP contribution in [-0.4, -0.2) is 17.8 Å². The Bertz CT molecular complexity index is 1420. The van der Waals surface area contributed by atoms with Gasteiger partial charge in [0.2, 0.25) is 0 Å². The number of aryl methyl sites for hydroxylation is 1. The summed E-state index contributed by atoms with van der Waals surface area (Å²) in [5, 5.41) is 0. The Morgan fingerprint density at radius 1 is 0.971 bits per heavy atom. The fourth-order valence-corrected chi connectivity index (χ4v) is 5.27. The number of fused-ring (bicyclic) bond motifs is 1. The number of anilines is 1. The number of hydrogen-bond donors (Lipinski definition) is 0. The van der Waals surface area contributed by atoms with E-state index in [2.05, 4.69) is 4.98 Å². The zero-order chi connectivity index (χ0) is 24.5. The van der Waals surface area contributed by atoms with Gasteiger partial charge in [-0.2, -0.15) is 13.2 Å². The van der Waals surface area contributed by atoms with E-state index in [9.17, 15) is 26.0 Å². The number of halogens is 4. The lowest BCUT2D eigenvalue weighted by atomic mass is 10.1. The summed E-state index contributed by atoms with van der Waals surface area (Å²) in [6.45, 7) is 0.746. The minimum absolute atomic E-state index is 0.0354. The Balaban J connectivity index is 1.97. The normalized spacial score (nSPS) is 12.3. The summed E-state index contributed by atoms with van der Waals surface area (Å²) in [5.74, 6) is -0.103. The Kier molecular flexibility index (Phi) is 6.35. The molecule has 0 saturated carbocycles. The highest BCUT2D eigenvalue weighted by Crippen LogP contribution is 2.36. The molecule has 0 aliphatic carbocycles. The van der Waals surface area contributed by atoms with E-state index in [1.807, 2.05) is 0 Å². The Hall–Kier alpha value is -3.40. The lowest BCUT2D eigenvalue weighted by Crippen LogP contribution is -2.31. The van der Waals surface area contributed by atoms with Crippen molar-refractivity contribution in [1.29, 1.82) is 0 Å². The van der Waals surface area contributed by atoms with Gasteiger partial charge < -0.3 is 4.40 Å². The molecule has 4 rings (SSSR count). The quantitative estimate of drug-likeness (QED) is 0.308. The second kappa shape index (κ2) is 9.09. The van der Waals surface area contributed by atoms with Crippen molar-refractivity contribution in [2.24, 2.45) is 0 Å². The summed E-state index contributed by atoms with van der Waals surface area (Å²) >= 11 is 0. The number of nitrogens with zero attached hydrogens (tertiary/aromatic N) is 3. The van der Waals surface area contributed by atoms with Gasteiger partial charge in [0.1, 0.15) is 6.67 Å². The Labute approximate surface area is 194 Å². The molecule has 0 fully saturated rings. The number of hydrogen-bond acceptors (Lipinski definition) is 3. The zero-order valence-electron chi connectivity index (χ0n) is 18.1. The molecule has 0 spiro atoms. The summed E-state index contributed by atoms with van der Waals surface area (Å²) in [5.41, 5.74) is -0.202. The van der Waals surface area contributed by atoms with Crippen molar-refractivity contribution < 1.29 is 26.0 Å². The van der Waals surface area contributed by atoms with Gasteiger partial charge in [-0.25, -0.2) is 22.1 Å². The van der Waals surface area contributed by atoms with Crippen LogP contribution in [0.25, 0.3) is 5.65 Å². The lowest BCUT2D eigenvalue weighted by molar-refractivity contribution is -0.136. The van der Waals surface area contributed by atoms with Crippen molar-refractivity contribution in [3.05, 3.63) is 95.3 Å². The SMILES string of the molecule is CCc1c(N(Cc2cccc(CF)c2)S(=O)(=O)c2ccccc2)nc2c(C(F)(F)F)cccn12. The molecule has 34 heavy (non-hydrogen) atoms. The molecule has 0 aliphatic rings. The van der Waals surface area contributed by atoms with Crippen molar-refractivity contribution in [1.82, 2.24) is 9.38 Å². The highest BCUT2D eigenvalue weighted by molar-refractivity contribution is 7.92. The first kappa shape index (κ1) is 23.7. The number of alkyl halides is 4. The van der Waals surface area contributed by atoms with Crippen LogP contribution >= 0.6 is 0 Å². The summed E-state index contributed by atoms with van der Waals surface area (Å²) in [6.07, 6.45) is -3.02. The molecule has 4 aromatic rings. The standard InChI is InChI=1S/C24H21F4N3O2S/c1-2-21-23(29-22-20(24(26,27)28)12-7-13-30(21)22)31(16-18-9-6-8-17(14-18)15-25)34(32,33)19-10-4-3-5-11-19/h3-14H,2,15-16H2,1H3. The molecule has 10 heteroatoms. The van der Waals surface area contributed by atoms with Gasteiger partial charge in [0, 0.05) is 6.20 Å². The zero-order valence-corrected chi connectivity index (χ0v) is 18.9. The van der Waals surface area contributed by atoms with Crippen LogP contribution < -0.4 is 4.31 Å². The molecule has 178 valence electrons. The van der Waals surface area contributed by atoms with Crippen molar-refractivity contribution in [3.8, 4) is 0 Å². The summed E-state index contributed by atoms with van der Waals surface area (Å²) in [6, 6.07) is 16.1. The molecule has 5 nitrogen and oxygen atoms in total. The number of sulfonamides is 1. The molecule has 0 amide bonds. The smallest absolute Gasteiger partial charge is 0.301 e. The third-order valence-electron chi connectivity index (χ3n) is 5.41.